The first-order valence-electron chi connectivity index (χ1n) is 8.05. The summed E-state index contributed by atoms with van der Waals surface area (Å²) in [6.07, 6.45) is 6.56. The van der Waals surface area contributed by atoms with E-state index in [0.717, 1.165) is 25.7 Å². The first-order valence-corrected chi connectivity index (χ1v) is 8.05. The summed E-state index contributed by atoms with van der Waals surface area (Å²) in [7, 11) is 0. The van der Waals surface area contributed by atoms with Gasteiger partial charge in [-0.15, -0.1) is 0 Å². The fraction of sp³-hybridized carbons (Fsp3) is 0.588. The zero-order chi connectivity index (χ0) is 15.9. The summed E-state index contributed by atoms with van der Waals surface area (Å²) in [4.78, 5) is 30.3. The third-order valence-electron chi connectivity index (χ3n) is 4.27. The van der Waals surface area contributed by atoms with Crippen molar-refractivity contribution >= 4 is 11.9 Å². The van der Waals surface area contributed by atoms with Crippen molar-refractivity contribution in [2.75, 3.05) is 13.2 Å². The van der Waals surface area contributed by atoms with Crippen LogP contribution in [0.2, 0.25) is 0 Å². The number of carbonyl (C=O) groups is 2. The van der Waals surface area contributed by atoms with Gasteiger partial charge in [-0.1, -0.05) is 0 Å². The molecule has 0 N–H and O–H groups in total. The molecule has 0 aliphatic heterocycles. The highest BCUT2D eigenvalue weighted by atomic mass is 16.5. The Balaban J connectivity index is 1.96. The van der Waals surface area contributed by atoms with Gasteiger partial charge in [0.05, 0.1) is 18.1 Å². The number of aromatic nitrogens is 1. The predicted octanol–water partition coefficient (Wildman–Crippen LogP) is 2.67. The van der Waals surface area contributed by atoms with Gasteiger partial charge < -0.3 is 9.64 Å². The molecule has 1 aromatic rings. The third kappa shape index (κ3) is 3.84. The third-order valence-corrected chi connectivity index (χ3v) is 4.27. The monoisotopic (exact) mass is 304 g/mol. The average molecular weight is 304 g/mol. The van der Waals surface area contributed by atoms with Gasteiger partial charge in [0.2, 0.25) is 0 Å². The van der Waals surface area contributed by atoms with Crippen molar-refractivity contribution in [2.24, 2.45) is 5.92 Å². The summed E-state index contributed by atoms with van der Waals surface area (Å²) >= 11 is 0. The lowest BCUT2D eigenvalue weighted by molar-refractivity contribution is -0.149. The Labute approximate surface area is 131 Å². The maximum Gasteiger partial charge on any atom is 0.308 e. The maximum absolute atomic E-state index is 12.6. The molecule has 0 unspecified atom stereocenters. The maximum atomic E-state index is 12.6. The van der Waals surface area contributed by atoms with E-state index in [0.29, 0.717) is 18.7 Å². The highest BCUT2D eigenvalue weighted by molar-refractivity contribution is 5.94. The second-order valence-electron chi connectivity index (χ2n) is 5.59. The van der Waals surface area contributed by atoms with Crippen molar-refractivity contribution in [2.45, 2.75) is 45.6 Å². The van der Waals surface area contributed by atoms with E-state index in [1.807, 2.05) is 18.7 Å². The summed E-state index contributed by atoms with van der Waals surface area (Å²) in [5, 5.41) is 0. The van der Waals surface area contributed by atoms with Crippen LogP contribution >= 0.6 is 0 Å². The van der Waals surface area contributed by atoms with Gasteiger partial charge in [-0.05, 0) is 51.7 Å². The topological polar surface area (TPSA) is 59.5 Å². The second kappa shape index (κ2) is 7.92. The molecule has 2 rings (SSSR count). The lowest BCUT2D eigenvalue weighted by Crippen LogP contribution is -2.43. The normalized spacial score (nSPS) is 21.2. The molecule has 0 atom stereocenters. The van der Waals surface area contributed by atoms with E-state index < -0.39 is 0 Å². The predicted molar refractivity (Wildman–Crippen MR) is 83.3 cm³/mol. The van der Waals surface area contributed by atoms with Crippen LogP contribution in [0.15, 0.2) is 24.5 Å². The van der Waals surface area contributed by atoms with Crippen molar-refractivity contribution in [1.29, 1.82) is 0 Å². The van der Waals surface area contributed by atoms with Crippen LogP contribution in [0.1, 0.15) is 49.9 Å². The molecule has 120 valence electrons. The quantitative estimate of drug-likeness (QED) is 0.785. The Morgan fingerprint density at radius 3 is 2.55 bits per heavy atom. The highest BCUT2D eigenvalue weighted by Gasteiger charge is 2.31. The number of amides is 1. The Bertz CT molecular complexity index is 496. The van der Waals surface area contributed by atoms with Gasteiger partial charge in [-0.2, -0.15) is 0 Å². The Morgan fingerprint density at radius 1 is 1.27 bits per heavy atom. The zero-order valence-electron chi connectivity index (χ0n) is 13.3. The van der Waals surface area contributed by atoms with Gasteiger partial charge in [0, 0.05) is 25.0 Å². The largest absolute Gasteiger partial charge is 0.466 e. The number of nitrogens with zero attached hydrogens (tertiary/aromatic N) is 2. The summed E-state index contributed by atoms with van der Waals surface area (Å²) in [6, 6.07) is 3.77. The van der Waals surface area contributed by atoms with E-state index in [9.17, 15) is 9.59 Å². The van der Waals surface area contributed by atoms with Crippen LogP contribution < -0.4 is 0 Å². The summed E-state index contributed by atoms with van der Waals surface area (Å²) < 4.78 is 5.09. The molecule has 22 heavy (non-hydrogen) atoms. The van der Waals surface area contributed by atoms with Gasteiger partial charge >= 0.3 is 5.97 Å². The minimum Gasteiger partial charge on any atom is -0.466 e. The van der Waals surface area contributed by atoms with Crippen LogP contribution in [0.25, 0.3) is 0 Å². The summed E-state index contributed by atoms with van der Waals surface area (Å²) in [6.45, 7) is 4.92. The zero-order valence-corrected chi connectivity index (χ0v) is 13.3. The van der Waals surface area contributed by atoms with Gasteiger partial charge in [0.15, 0.2) is 0 Å². The fourth-order valence-electron chi connectivity index (χ4n) is 3.11. The minimum atomic E-state index is -0.0948. The highest BCUT2D eigenvalue weighted by Crippen LogP contribution is 2.29. The van der Waals surface area contributed by atoms with Crippen molar-refractivity contribution in [1.82, 2.24) is 9.88 Å². The Morgan fingerprint density at radius 2 is 2.00 bits per heavy atom. The lowest BCUT2D eigenvalue weighted by Gasteiger charge is -2.35. The molecule has 1 aromatic heterocycles. The second-order valence-corrected chi connectivity index (χ2v) is 5.59. The van der Waals surface area contributed by atoms with Crippen LogP contribution in [-0.2, 0) is 9.53 Å². The molecule has 5 heteroatoms. The van der Waals surface area contributed by atoms with Crippen LogP contribution in [0.3, 0.4) is 0 Å². The van der Waals surface area contributed by atoms with E-state index in [4.69, 9.17) is 4.74 Å². The molecule has 0 radical (unpaired) electrons. The lowest BCUT2D eigenvalue weighted by atomic mass is 9.85. The molecule has 1 amide bonds. The molecule has 1 aliphatic carbocycles. The van der Waals surface area contributed by atoms with Gasteiger partial charge in [0.1, 0.15) is 0 Å². The molecule has 1 fully saturated rings. The first-order chi connectivity index (χ1) is 10.7. The van der Waals surface area contributed by atoms with Crippen LogP contribution in [0.5, 0.6) is 0 Å². The van der Waals surface area contributed by atoms with E-state index in [1.165, 1.54) is 0 Å². The first kappa shape index (κ1) is 16.5. The van der Waals surface area contributed by atoms with Gasteiger partial charge in [-0.25, -0.2) is 0 Å². The molecular weight excluding hydrogens is 280 g/mol. The number of hydrogen-bond donors (Lipinski definition) is 0. The van der Waals surface area contributed by atoms with Crippen molar-refractivity contribution in [3.05, 3.63) is 30.1 Å². The molecule has 0 aromatic carbocycles. The fourth-order valence-corrected chi connectivity index (χ4v) is 3.11. The van der Waals surface area contributed by atoms with Crippen molar-refractivity contribution in [3.63, 3.8) is 0 Å². The number of rotatable bonds is 5. The number of ether oxygens (including phenoxy) is 1. The average Bonchev–Trinajstić information content (AvgIpc) is 2.57. The molecule has 1 saturated carbocycles. The van der Waals surface area contributed by atoms with E-state index >= 15 is 0 Å². The van der Waals surface area contributed by atoms with Gasteiger partial charge in [-0.3, -0.25) is 14.6 Å². The Kier molecular flexibility index (Phi) is 5.92. The standard InChI is InChI=1S/C17H24N2O3/c1-3-19(16(20)14-6-5-11-18-12-14)15-9-7-13(8-10-15)17(21)22-4-2/h5-6,11-13,15H,3-4,7-10H2,1-2H3. The number of pyridine rings is 1. The van der Waals surface area contributed by atoms with E-state index in [-0.39, 0.29) is 23.8 Å². The number of carbonyl (C=O) groups excluding carboxylic acids is 2. The number of hydrogen-bond acceptors (Lipinski definition) is 4. The number of esters is 1. The van der Waals surface area contributed by atoms with Crippen LogP contribution in [-0.4, -0.2) is 41.0 Å². The summed E-state index contributed by atoms with van der Waals surface area (Å²) in [5.74, 6) is -0.0823. The van der Waals surface area contributed by atoms with Crippen LogP contribution in [0.4, 0.5) is 0 Å². The van der Waals surface area contributed by atoms with E-state index in [1.54, 1.807) is 24.5 Å². The smallest absolute Gasteiger partial charge is 0.308 e. The van der Waals surface area contributed by atoms with Gasteiger partial charge in [0.25, 0.3) is 5.91 Å². The SMILES string of the molecule is CCOC(=O)C1CCC(N(CC)C(=O)c2cccnc2)CC1. The molecule has 0 saturated heterocycles. The molecule has 0 spiro atoms. The molecule has 1 heterocycles. The molecule has 1 aliphatic rings. The Hall–Kier alpha value is -1.91. The summed E-state index contributed by atoms with van der Waals surface area (Å²) in [5.41, 5.74) is 0.622. The van der Waals surface area contributed by atoms with Crippen LogP contribution in [0, 0.1) is 5.92 Å². The van der Waals surface area contributed by atoms with Crippen molar-refractivity contribution in [3.8, 4) is 0 Å². The minimum absolute atomic E-state index is 0.0107. The molecule has 5 nitrogen and oxygen atoms in total. The van der Waals surface area contributed by atoms with E-state index in [2.05, 4.69) is 4.98 Å². The molecule has 0 bridgehead atoms. The van der Waals surface area contributed by atoms with Crippen molar-refractivity contribution < 1.29 is 14.3 Å². The molecular formula is C17H24N2O3.